The van der Waals surface area contributed by atoms with Gasteiger partial charge < -0.3 is 9.84 Å². The zero-order valence-corrected chi connectivity index (χ0v) is 13.1. The molecule has 21 heavy (non-hydrogen) atoms. The normalized spacial score (nSPS) is 16.3. The van der Waals surface area contributed by atoms with Crippen LogP contribution in [0.3, 0.4) is 0 Å². The van der Waals surface area contributed by atoms with Gasteiger partial charge >= 0.3 is 0 Å². The Morgan fingerprint density at radius 2 is 2.00 bits per heavy atom. The summed E-state index contributed by atoms with van der Waals surface area (Å²) in [7, 11) is 0. The molecule has 1 aromatic heterocycles. The molecule has 0 spiro atoms. The molecule has 112 valence electrons. The molecule has 4 nitrogen and oxygen atoms in total. The van der Waals surface area contributed by atoms with Crippen LogP contribution < -0.4 is 5.32 Å². The van der Waals surface area contributed by atoms with Crippen molar-refractivity contribution in [2.75, 3.05) is 13.1 Å². The van der Waals surface area contributed by atoms with Crippen molar-refractivity contribution in [3.05, 3.63) is 34.1 Å². The predicted octanol–water partition coefficient (Wildman–Crippen LogP) is 3.98. The van der Waals surface area contributed by atoms with Gasteiger partial charge in [-0.25, -0.2) is 0 Å². The van der Waals surface area contributed by atoms with Crippen molar-refractivity contribution in [1.82, 2.24) is 15.5 Å². The summed E-state index contributed by atoms with van der Waals surface area (Å²) in [5.41, 5.74) is 0.821. The first-order valence-corrected chi connectivity index (χ1v) is 7.96. The zero-order chi connectivity index (χ0) is 14.7. The first kappa shape index (κ1) is 14.8. The number of benzene rings is 1. The number of halogens is 2. The maximum Gasteiger partial charge on any atom is 0.226 e. The third-order valence-electron chi connectivity index (χ3n) is 3.87. The van der Waals surface area contributed by atoms with E-state index < -0.39 is 0 Å². The smallest absolute Gasteiger partial charge is 0.226 e. The van der Waals surface area contributed by atoms with Crippen molar-refractivity contribution in [2.24, 2.45) is 5.92 Å². The average Bonchev–Trinajstić information content (AvgIpc) is 2.98. The topological polar surface area (TPSA) is 51.0 Å². The molecule has 1 fully saturated rings. The summed E-state index contributed by atoms with van der Waals surface area (Å²) in [6.45, 7) is 2.23. The van der Waals surface area contributed by atoms with E-state index in [9.17, 15) is 0 Å². The van der Waals surface area contributed by atoms with Crippen LogP contribution in [-0.2, 0) is 6.42 Å². The lowest BCUT2D eigenvalue weighted by Gasteiger charge is -2.21. The molecule has 1 aromatic carbocycles. The lowest BCUT2D eigenvalue weighted by Crippen LogP contribution is -2.27. The predicted molar refractivity (Wildman–Crippen MR) is 83.7 cm³/mol. The van der Waals surface area contributed by atoms with Gasteiger partial charge in [-0.15, -0.1) is 0 Å². The second-order valence-electron chi connectivity index (χ2n) is 5.37. The number of rotatable bonds is 4. The van der Waals surface area contributed by atoms with Crippen LogP contribution in [0.15, 0.2) is 22.7 Å². The molecule has 3 rings (SSSR count). The van der Waals surface area contributed by atoms with Gasteiger partial charge in [-0.2, -0.15) is 4.98 Å². The van der Waals surface area contributed by atoms with Crippen LogP contribution in [0, 0.1) is 5.92 Å². The van der Waals surface area contributed by atoms with Crippen LogP contribution >= 0.6 is 23.2 Å². The van der Waals surface area contributed by atoms with Gasteiger partial charge in [0.1, 0.15) is 0 Å². The van der Waals surface area contributed by atoms with Gasteiger partial charge in [0.25, 0.3) is 0 Å². The summed E-state index contributed by atoms with van der Waals surface area (Å²) in [6.07, 6.45) is 4.39. The quantitative estimate of drug-likeness (QED) is 0.923. The van der Waals surface area contributed by atoms with E-state index in [4.69, 9.17) is 27.7 Å². The van der Waals surface area contributed by atoms with Crippen molar-refractivity contribution in [3.8, 4) is 11.4 Å². The van der Waals surface area contributed by atoms with Gasteiger partial charge in [-0.3, -0.25) is 0 Å². The lowest BCUT2D eigenvalue weighted by atomic mass is 9.93. The standard InChI is InChI=1S/C15H17Cl2N3O/c16-12-3-2-11(9-13(12)17)15-19-14(21-20-15)4-1-10-5-7-18-8-6-10/h2-3,9-10,18H,1,4-8H2. The Morgan fingerprint density at radius 3 is 2.76 bits per heavy atom. The molecule has 1 aliphatic heterocycles. The van der Waals surface area contributed by atoms with Crippen molar-refractivity contribution in [3.63, 3.8) is 0 Å². The second-order valence-corrected chi connectivity index (χ2v) is 6.19. The monoisotopic (exact) mass is 325 g/mol. The van der Waals surface area contributed by atoms with Gasteiger partial charge in [-0.05, 0) is 56.5 Å². The maximum atomic E-state index is 6.01. The zero-order valence-electron chi connectivity index (χ0n) is 11.6. The van der Waals surface area contributed by atoms with E-state index in [0.29, 0.717) is 21.8 Å². The summed E-state index contributed by atoms with van der Waals surface area (Å²) in [4.78, 5) is 4.44. The van der Waals surface area contributed by atoms with Crippen LogP contribution in [0.4, 0.5) is 0 Å². The molecule has 2 aromatic rings. The van der Waals surface area contributed by atoms with E-state index >= 15 is 0 Å². The molecule has 0 amide bonds. The maximum absolute atomic E-state index is 6.01. The number of aromatic nitrogens is 2. The highest BCUT2D eigenvalue weighted by Crippen LogP contribution is 2.27. The van der Waals surface area contributed by atoms with E-state index in [1.54, 1.807) is 12.1 Å². The van der Waals surface area contributed by atoms with Crippen molar-refractivity contribution in [1.29, 1.82) is 0 Å². The number of aryl methyl sites for hydroxylation is 1. The fraction of sp³-hybridized carbons (Fsp3) is 0.467. The number of hydrogen-bond donors (Lipinski definition) is 1. The molecule has 2 heterocycles. The molecule has 0 aliphatic carbocycles. The Kier molecular flexibility index (Phi) is 4.78. The Labute approximate surface area is 133 Å². The molecule has 0 unspecified atom stereocenters. The van der Waals surface area contributed by atoms with Crippen LogP contribution in [-0.4, -0.2) is 23.2 Å². The van der Waals surface area contributed by atoms with Gasteiger partial charge in [0.15, 0.2) is 0 Å². The number of hydrogen-bond acceptors (Lipinski definition) is 4. The third kappa shape index (κ3) is 3.76. The summed E-state index contributed by atoms with van der Waals surface area (Å²) < 4.78 is 5.33. The van der Waals surface area contributed by atoms with Crippen molar-refractivity contribution in [2.45, 2.75) is 25.7 Å². The third-order valence-corrected chi connectivity index (χ3v) is 4.61. The first-order chi connectivity index (χ1) is 10.2. The van der Waals surface area contributed by atoms with Gasteiger partial charge in [0.05, 0.1) is 10.0 Å². The molecule has 0 radical (unpaired) electrons. The summed E-state index contributed by atoms with van der Waals surface area (Å²) in [6, 6.07) is 5.34. The summed E-state index contributed by atoms with van der Waals surface area (Å²) >= 11 is 11.9. The van der Waals surface area contributed by atoms with Gasteiger partial charge in [0.2, 0.25) is 11.7 Å². The Balaban J connectivity index is 1.63. The summed E-state index contributed by atoms with van der Waals surface area (Å²) in [5, 5.41) is 8.41. The minimum absolute atomic E-state index is 0.496. The number of nitrogens with zero attached hydrogens (tertiary/aromatic N) is 2. The molecule has 0 bridgehead atoms. The number of nitrogens with one attached hydrogen (secondary N) is 1. The fourth-order valence-corrected chi connectivity index (χ4v) is 2.90. The molecule has 6 heteroatoms. The largest absolute Gasteiger partial charge is 0.339 e. The van der Waals surface area contributed by atoms with Crippen molar-refractivity contribution >= 4 is 23.2 Å². The Morgan fingerprint density at radius 1 is 1.19 bits per heavy atom. The first-order valence-electron chi connectivity index (χ1n) is 7.21. The average molecular weight is 326 g/mol. The minimum atomic E-state index is 0.496. The van der Waals surface area contributed by atoms with Gasteiger partial charge in [-0.1, -0.05) is 28.4 Å². The van der Waals surface area contributed by atoms with E-state index in [0.717, 1.165) is 37.4 Å². The molecule has 1 aliphatic rings. The van der Waals surface area contributed by atoms with E-state index in [1.165, 1.54) is 12.8 Å². The highest BCUT2D eigenvalue weighted by atomic mass is 35.5. The lowest BCUT2D eigenvalue weighted by molar-refractivity contribution is 0.324. The minimum Gasteiger partial charge on any atom is -0.339 e. The SMILES string of the molecule is Clc1ccc(-c2noc(CCC3CCNCC3)n2)cc1Cl. The molecular weight excluding hydrogens is 309 g/mol. The van der Waals surface area contributed by atoms with E-state index in [1.807, 2.05) is 6.07 Å². The molecule has 0 atom stereocenters. The van der Waals surface area contributed by atoms with Crippen LogP contribution in [0.2, 0.25) is 10.0 Å². The molecule has 0 saturated carbocycles. The molecule has 1 N–H and O–H groups in total. The van der Waals surface area contributed by atoms with Crippen LogP contribution in [0.25, 0.3) is 11.4 Å². The Hall–Kier alpha value is -1.10. The molecule has 1 saturated heterocycles. The Bertz CT molecular complexity index is 609. The van der Waals surface area contributed by atoms with Crippen LogP contribution in [0.5, 0.6) is 0 Å². The highest BCUT2D eigenvalue weighted by Gasteiger charge is 2.15. The van der Waals surface area contributed by atoms with E-state index in [2.05, 4.69) is 15.5 Å². The van der Waals surface area contributed by atoms with Gasteiger partial charge in [0, 0.05) is 12.0 Å². The number of piperidine rings is 1. The second kappa shape index (κ2) is 6.77. The highest BCUT2D eigenvalue weighted by molar-refractivity contribution is 6.42. The van der Waals surface area contributed by atoms with Crippen LogP contribution in [0.1, 0.15) is 25.2 Å². The summed E-state index contributed by atoms with van der Waals surface area (Å²) in [5.74, 6) is 2.01. The fourth-order valence-electron chi connectivity index (χ4n) is 2.61. The van der Waals surface area contributed by atoms with E-state index in [-0.39, 0.29) is 0 Å². The molecular formula is C15H17Cl2N3O. The van der Waals surface area contributed by atoms with Crippen molar-refractivity contribution < 1.29 is 4.52 Å².